The average molecular weight is 174 g/mol. The van der Waals surface area contributed by atoms with Gasteiger partial charge >= 0.3 is 0 Å². The number of hydrogen-bond acceptors (Lipinski definition) is 5. The van der Waals surface area contributed by atoms with Crippen LogP contribution in [0.3, 0.4) is 0 Å². The molecule has 0 aromatic heterocycles. The van der Waals surface area contributed by atoms with Gasteiger partial charge < -0.3 is 0 Å². The molecule has 0 bridgehead atoms. The molecule has 0 N–H and O–H groups in total. The van der Waals surface area contributed by atoms with Crippen LogP contribution in [0.4, 0.5) is 0 Å². The molecule has 0 aromatic rings. The highest BCUT2D eigenvalue weighted by molar-refractivity contribution is 7.96. The molecule has 0 unspecified atom stereocenters. The standard InChI is InChI=1S/C4H10.C2N2O2S/c1-3-4-2;5-1-3-7-4-2-6/h3-4H2,1-2H3;. The number of unbranched alkanes of at least 4 members (excludes halogenated alkanes) is 1. The van der Waals surface area contributed by atoms with Crippen LogP contribution in [0.1, 0.15) is 26.7 Å². The topological polar surface area (TPSA) is 58.9 Å². The molecule has 5 heteroatoms. The first kappa shape index (κ1) is 12.8. The predicted molar refractivity (Wildman–Crippen MR) is 44.4 cm³/mol. The molecule has 0 saturated carbocycles. The van der Waals surface area contributed by atoms with Crippen molar-refractivity contribution in [1.82, 2.24) is 0 Å². The van der Waals surface area contributed by atoms with Crippen molar-refractivity contribution in [3.8, 4) is 0 Å². The zero-order valence-corrected chi connectivity index (χ0v) is 7.35. The van der Waals surface area contributed by atoms with Gasteiger partial charge in [-0.15, -0.1) is 8.80 Å². The fourth-order valence-electron chi connectivity index (χ4n) is 0.0537. The van der Waals surface area contributed by atoms with E-state index >= 15 is 0 Å². The lowest BCUT2D eigenvalue weighted by molar-refractivity contribution is 0.566. The van der Waals surface area contributed by atoms with Gasteiger partial charge in [0.15, 0.2) is 0 Å². The molecule has 0 heterocycles. The van der Waals surface area contributed by atoms with Gasteiger partial charge in [-0.2, -0.15) is 0 Å². The molecule has 0 spiro atoms. The number of rotatable bonds is 3. The van der Waals surface area contributed by atoms with Crippen molar-refractivity contribution in [2.45, 2.75) is 26.7 Å². The average Bonchev–Trinajstić information content (AvgIpc) is 2.06. The minimum absolute atomic E-state index is 0.456. The van der Waals surface area contributed by atoms with Crippen molar-refractivity contribution in [2.75, 3.05) is 0 Å². The van der Waals surface area contributed by atoms with E-state index in [1.807, 2.05) is 0 Å². The van der Waals surface area contributed by atoms with Crippen LogP contribution in [0.25, 0.3) is 0 Å². The number of hydrogen-bond donors (Lipinski definition) is 0. The maximum Gasteiger partial charge on any atom is 0.249 e. The Balaban J connectivity index is 0. The fraction of sp³-hybridized carbons (Fsp3) is 0.667. The van der Waals surface area contributed by atoms with Gasteiger partial charge in [0.05, 0.1) is 0 Å². The van der Waals surface area contributed by atoms with Crippen molar-refractivity contribution >= 4 is 24.3 Å². The molecule has 0 saturated heterocycles. The fourth-order valence-corrected chi connectivity index (χ4v) is 0.161. The van der Waals surface area contributed by atoms with Crippen LogP contribution in [0, 0.1) is 0 Å². The Morgan fingerprint density at radius 2 is 1.45 bits per heavy atom. The molecule has 0 radical (unpaired) electrons. The van der Waals surface area contributed by atoms with Crippen molar-refractivity contribution < 1.29 is 9.59 Å². The summed E-state index contributed by atoms with van der Waals surface area (Å²) in [7, 11) is 0. The Bertz CT molecular complexity index is 142. The normalized spacial score (nSPS) is 6.36. The van der Waals surface area contributed by atoms with Gasteiger partial charge in [-0.3, -0.25) is 0 Å². The van der Waals surface area contributed by atoms with E-state index in [2.05, 4.69) is 22.6 Å². The summed E-state index contributed by atoms with van der Waals surface area (Å²) in [4.78, 5) is 18.4. The van der Waals surface area contributed by atoms with Gasteiger partial charge in [-0.25, -0.2) is 9.59 Å². The van der Waals surface area contributed by atoms with Crippen LogP contribution >= 0.6 is 12.1 Å². The first-order valence-corrected chi connectivity index (χ1v) is 3.87. The van der Waals surface area contributed by atoms with E-state index in [1.54, 1.807) is 0 Å². The maximum absolute atomic E-state index is 9.18. The van der Waals surface area contributed by atoms with Crippen LogP contribution in [-0.4, -0.2) is 12.2 Å². The highest BCUT2D eigenvalue weighted by atomic mass is 32.2. The number of isocyanates is 2. The van der Waals surface area contributed by atoms with Gasteiger partial charge in [0.1, 0.15) is 12.1 Å². The summed E-state index contributed by atoms with van der Waals surface area (Å²) in [6.45, 7) is 4.36. The lowest BCUT2D eigenvalue weighted by atomic mass is 10.4. The summed E-state index contributed by atoms with van der Waals surface area (Å²) in [5, 5.41) is 0. The molecule has 0 fully saturated rings. The quantitative estimate of drug-likeness (QED) is 0.373. The Morgan fingerprint density at radius 3 is 1.64 bits per heavy atom. The predicted octanol–water partition coefficient (Wildman–Crippen LogP) is 2.03. The molecule has 62 valence electrons. The molecular formula is C6H10N2O2S. The Morgan fingerprint density at radius 1 is 1.09 bits per heavy atom. The van der Waals surface area contributed by atoms with Crippen molar-refractivity contribution in [1.29, 1.82) is 0 Å². The summed E-state index contributed by atoms with van der Waals surface area (Å²) in [5.41, 5.74) is 0. The summed E-state index contributed by atoms with van der Waals surface area (Å²) >= 11 is 0.456. The number of carbonyl (C=O) groups excluding carboxylic acids is 2. The highest BCUT2D eigenvalue weighted by Gasteiger charge is 1.66. The molecule has 0 atom stereocenters. The largest absolute Gasteiger partial charge is 0.249 e. The lowest BCUT2D eigenvalue weighted by Crippen LogP contribution is -1.47. The minimum atomic E-state index is 0.456. The van der Waals surface area contributed by atoms with E-state index in [9.17, 15) is 9.59 Å². The molecule has 4 nitrogen and oxygen atoms in total. The first-order chi connectivity index (χ1) is 5.33. The van der Waals surface area contributed by atoms with E-state index < -0.39 is 0 Å². The molecule has 0 amide bonds. The second kappa shape index (κ2) is 16.1. The summed E-state index contributed by atoms with van der Waals surface area (Å²) in [5.74, 6) is 0. The third-order valence-electron chi connectivity index (χ3n) is 0.656. The first-order valence-electron chi connectivity index (χ1n) is 3.13. The van der Waals surface area contributed by atoms with E-state index in [0.717, 1.165) is 0 Å². The highest BCUT2D eigenvalue weighted by Crippen LogP contribution is 1.96. The lowest BCUT2D eigenvalue weighted by Gasteiger charge is -1.68. The van der Waals surface area contributed by atoms with Crippen molar-refractivity contribution in [2.24, 2.45) is 8.80 Å². The second-order valence-corrected chi connectivity index (χ2v) is 1.98. The van der Waals surface area contributed by atoms with E-state index in [-0.39, 0.29) is 0 Å². The van der Waals surface area contributed by atoms with Crippen LogP contribution in [-0.2, 0) is 9.59 Å². The van der Waals surface area contributed by atoms with Gasteiger partial charge in [-0.05, 0) is 0 Å². The number of nitrogens with zero attached hydrogens (tertiary/aromatic N) is 2. The monoisotopic (exact) mass is 174 g/mol. The smallest absolute Gasteiger partial charge is 0.210 e. The van der Waals surface area contributed by atoms with Gasteiger partial charge in [-0.1, -0.05) is 26.7 Å². The molecule has 0 aromatic carbocycles. The van der Waals surface area contributed by atoms with Crippen LogP contribution in [0.5, 0.6) is 0 Å². The zero-order valence-electron chi connectivity index (χ0n) is 6.53. The molecule has 0 aliphatic rings. The Kier molecular flexibility index (Phi) is 18.6. The second-order valence-electron chi connectivity index (χ2n) is 1.45. The van der Waals surface area contributed by atoms with E-state index in [1.165, 1.54) is 25.0 Å². The van der Waals surface area contributed by atoms with Crippen LogP contribution in [0.15, 0.2) is 8.80 Å². The molecular weight excluding hydrogens is 164 g/mol. The van der Waals surface area contributed by atoms with Gasteiger partial charge in [0.2, 0.25) is 12.2 Å². The minimum Gasteiger partial charge on any atom is -0.210 e. The third-order valence-corrected chi connectivity index (χ3v) is 0.969. The Labute approximate surface area is 70.1 Å². The van der Waals surface area contributed by atoms with Gasteiger partial charge in [0, 0.05) is 0 Å². The van der Waals surface area contributed by atoms with Crippen molar-refractivity contribution in [3.63, 3.8) is 0 Å². The molecule has 0 rings (SSSR count). The van der Waals surface area contributed by atoms with Gasteiger partial charge in [0.25, 0.3) is 0 Å². The third kappa shape index (κ3) is 27.3. The molecule has 0 aliphatic heterocycles. The zero-order chi connectivity index (χ0) is 8.95. The molecule has 11 heavy (non-hydrogen) atoms. The van der Waals surface area contributed by atoms with Crippen molar-refractivity contribution in [3.05, 3.63) is 0 Å². The summed E-state index contributed by atoms with van der Waals surface area (Å²) in [6.07, 6.45) is 4.97. The SMILES string of the molecule is CCCC.O=C=NSN=C=O. The Hall–Kier alpha value is -0.890. The van der Waals surface area contributed by atoms with E-state index in [4.69, 9.17) is 0 Å². The summed E-state index contributed by atoms with van der Waals surface area (Å²) < 4.78 is 5.69. The summed E-state index contributed by atoms with van der Waals surface area (Å²) in [6, 6.07) is 0. The molecule has 0 aliphatic carbocycles. The van der Waals surface area contributed by atoms with E-state index in [0.29, 0.717) is 12.1 Å². The van der Waals surface area contributed by atoms with Crippen LogP contribution < -0.4 is 0 Å². The van der Waals surface area contributed by atoms with Crippen LogP contribution in [0.2, 0.25) is 0 Å². The maximum atomic E-state index is 9.18.